The molecule has 1 aliphatic heterocycles. The fourth-order valence-electron chi connectivity index (χ4n) is 4.22. The predicted octanol–water partition coefficient (Wildman–Crippen LogP) is 1.69. The van der Waals surface area contributed by atoms with Gasteiger partial charge in [0.05, 0.1) is 12.5 Å². The number of aromatic nitrogens is 1. The maximum atomic E-state index is 12.4. The Hall–Kier alpha value is -2.15. The molecule has 0 radical (unpaired) electrons. The minimum absolute atomic E-state index is 0.0113. The molecule has 0 aromatic carbocycles. The molecule has 2 aliphatic rings. The third-order valence-corrected chi connectivity index (χ3v) is 5.82. The molecule has 0 unspecified atom stereocenters. The normalized spacial score (nSPS) is 21.2. The molecule has 1 aromatic rings. The van der Waals surface area contributed by atoms with Gasteiger partial charge in [0, 0.05) is 50.8 Å². The lowest BCUT2D eigenvalue weighted by atomic mass is 9.88. The minimum Gasteiger partial charge on any atom is -0.383 e. The van der Waals surface area contributed by atoms with Crippen LogP contribution in [-0.2, 0) is 9.59 Å². The van der Waals surface area contributed by atoms with Crippen LogP contribution < -0.4 is 16.0 Å². The van der Waals surface area contributed by atoms with E-state index in [1.54, 1.807) is 6.20 Å². The second-order valence-corrected chi connectivity index (χ2v) is 7.98. The Kier molecular flexibility index (Phi) is 7.65. The number of amides is 2. The van der Waals surface area contributed by atoms with Gasteiger partial charge in [-0.2, -0.15) is 0 Å². The van der Waals surface area contributed by atoms with Crippen LogP contribution in [0.5, 0.6) is 0 Å². The van der Waals surface area contributed by atoms with E-state index in [9.17, 15) is 9.59 Å². The summed E-state index contributed by atoms with van der Waals surface area (Å²) in [6, 6.07) is 1.58. The molecule has 2 amide bonds. The van der Waals surface area contributed by atoms with Crippen LogP contribution in [0.2, 0.25) is 0 Å². The summed E-state index contributed by atoms with van der Waals surface area (Å²) in [5.41, 5.74) is 2.10. The Morgan fingerprint density at radius 3 is 2.89 bits per heavy atom. The molecule has 154 valence electrons. The zero-order chi connectivity index (χ0) is 19.8. The molecule has 7 heteroatoms. The molecule has 28 heavy (non-hydrogen) atoms. The van der Waals surface area contributed by atoms with E-state index in [0.717, 1.165) is 24.3 Å². The van der Waals surface area contributed by atoms with Crippen LogP contribution in [0.25, 0.3) is 0 Å². The van der Waals surface area contributed by atoms with Gasteiger partial charge in [-0.1, -0.05) is 19.3 Å². The lowest BCUT2D eigenvalue weighted by Crippen LogP contribution is -2.57. The van der Waals surface area contributed by atoms with Crippen LogP contribution in [0.3, 0.4) is 0 Å². The summed E-state index contributed by atoms with van der Waals surface area (Å²) in [4.78, 5) is 31.1. The van der Waals surface area contributed by atoms with E-state index in [0.29, 0.717) is 25.6 Å². The van der Waals surface area contributed by atoms with Crippen molar-refractivity contribution in [1.29, 1.82) is 0 Å². The number of piperazine rings is 1. The largest absolute Gasteiger partial charge is 0.383 e. The molecule has 1 saturated carbocycles. The average molecular weight is 388 g/mol. The highest BCUT2D eigenvalue weighted by molar-refractivity contribution is 5.88. The van der Waals surface area contributed by atoms with E-state index in [1.807, 2.05) is 19.2 Å². The van der Waals surface area contributed by atoms with Gasteiger partial charge < -0.3 is 16.0 Å². The third kappa shape index (κ3) is 5.92. The Morgan fingerprint density at radius 2 is 2.11 bits per heavy atom. The monoisotopic (exact) mass is 387 g/mol. The van der Waals surface area contributed by atoms with Gasteiger partial charge in [0.25, 0.3) is 0 Å². The van der Waals surface area contributed by atoms with Crippen molar-refractivity contribution in [3.8, 4) is 0 Å². The highest BCUT2D eigenvalue weighted by Crippen LogP contribution is 2.25. The lowest BCUT2D eigenvalue weighted by molar-refractivity contribution is -0.134. The fraction of sp³-hybridized carbons (Fsp3) is 0.667. The first-order valence-corrected chi connectivity index (χ1v) is 10.6. The van der Waals surface area contributed by atoms with Gasteiger partial charge in [-0.15, -0.1) is 0 Å². The highest BCUT2D eigenvalue weighted by atomic mass is 16.2. The van der Waals surface area contributed by atoms with Crippen LogP contribution in [0.15, 0.2) is 18.5 Å². The molecule has 1 aromatic heterocycles. The predicted molar refractivity (Wildman–Crippen MR) is 110 cm³/mol. The van der Waals surface area contributed by atoms with Gasteiger partial charge in [-0.3, -0.25) is 19.5 Å². The zero-order valence-corrected chi connectivity index (χ0v) is 16.9. The molecule has 3 N–H and O–H groups in total. The van der Waals surface area contributed by atoms with Crippen molar-refractivity contribution < 1.29 is 9.59 Å². The van der Waals surface area contributed by atoms with E-state index in [-0.39, 0.29) is 24.3 Å². The number of rotatable bonds is 8. The number of anilines is 1. The zero-order valence-electron chi connectivity index (χ0n) is 16.9. The number of nitrogens with zero attached hydrogens (tertiary/aromatic N) is 2. The SMILES string of the molecule is Cc1cnccc1NCCNC(=O)C[C@H]1C(=O)NCCN1CC1CCCCC1. The van der Waals surface area contributed by atoms with Crippen molar-refractivity contribution in [3.05, 3.63) is 24.0 Å². The summed E-state index contributed by atoms with van der Waals surface area (Å²) in [6.45, 7) is 5.61. The smallest absolute Gasteiger partial charge is 0.237 e. The maximum Gasteiger partial charge on any atom is 0.237 e. The molecule has 2 heterocycles. The van der Waals surface area contributed by atoms with Gasteiger partial charge in [-0.25, -0.2) is 0 Å². The summed E-state index contributed by atoms with van der Waals surface area (Å²) in [5.74, 6) is 0.588. The van der Waals surface area contributed by atoms with Crippen LogP contribution in [-0.4, -0.2) is 60.5 Å². The Labute approximate surface area is 167 Å². The Bertz CT molecular complexity index is 660. The van der Waals surface area contributed by atoms with E-state index in [2.05, 4.69) is 25.8 Å². The molecule has 0 spiro atoms. The number of carbonyl (C=O) groups is 2. The molecular weight excluding hydrogens is 354 g/mol. The van der Waals surface area contributed by atoms with Crippen LogP contribution in [0.4, 0.5) is 5.69 Å². The molecular formula is C21H33N5O2. The van der Waals surface area contributed by atoms with Crippen molar-refractivity contribution in [2.24, 2.45) is 5.92 Å². The summed E-state index contributed by atoms with van der Waals surface area (Å²) in [7, 11) is 0. The first-order valence-electron chi connectivity index (χ1n) is 10.6. The molecule has 1 saturated heterocycles. The topological polar surface area (TPSA) is 86.4 Å². The van der Waals surface area contributed by atoms with E-state index < -0.39 is 0 Å². The summed E-state index contributed by atoms with van der Waals surface area (Å²) >= 11 is 0. The maximum absolute atomic E-state index is 12.4. The average Bonchev–Trinajstić information content (AvgIpc) is 2.70. The number of nitrogens with one attached hydrogen (secondary N) is 3. The highest BCUT2D eigenvalue weighted by Gasteiger charge is 2.33. The fourth-order valence-corrected chi connectivity index (χ4v) is 4.22. The standard InChI is InChI=1S/C21H33N5O2/c1-16-14-22-8-7-18(16)23-9-10-24-20(27)13-19-21(28)25-11-12-26(19)15-17-5-3-2-4-6-17/h7-8,14,17,19H,2-6,9-13,15H2,1H3,(H,22,23)(H,24,27)(H,25,28)/t19-/m0/s1. The summed E-state index contributed by atoms with van der Waals surface area (Å²) in [6.07, 6.45) is 10.2. The summed E-state index contributed by atoms with van der Waals surface area (Å²) in [5, 5.41) is 9.16. The first kappa shape index (κ1) is 20.6. The number of hydrogen-bond acceptors (Lipinski definition) is 5. The second kappa shape index (κ2) is 10.4. The van der Waals surface area contributed by atoms with Crippen LogP contribution in [0.1, 0.15) is 44.1 Å². The first-order chi connectivity index (χ1) is 13.6. The second-order valence-electron chi connectivity index (χ2n) is 7.98. The van der Waals surface area contributed by atoms with Crippen molar-refractivity contribution in [3.63, 3.8) is 0 Å². The van der Waals surface area contributed by atoms with E-state index in [4.69, 9.17) is 0 Å². The lowest BCUT2D eigenvalue weighted by Gasteiger charge is -2.37. The number of hydrogen-bond donors (Lipinski definition) is 3. The molecule has 1 aliphatic carbocycles. The molecule has 7 nitrogen and oxygen atoms in total. The van der Waals surface area contributed by atoms with Crippen LogP contribution >= 0.6 is 0 Å². The van der Waals surface area contributed by atoms with Gasteiger partial charge in [0.15, 0.2) is 0 Å². The van der Waals surface area contributed by atoms with E-state index in [1.165, 1.54) is 32.1 Å². The number of pyridine rings is 1. The van der Waals surface area contributed by atoms with Gasteiger partial charge in [0.2, 0.25) is 11.8 Å². The van der Waals surface area contributed by atoms with Crippen molar-refractivity contribution in [2.75, 3.05) is 38.0 Å². The van der Waals surface area contributed by atoms with E-state index >= 15 is 0 Å². The van der Waals surface area contributed by atoms with Crippen molar-refractivity contribution >= 4 is 17.5 Å². The van der Waals surface area contributed by atoms with Crippen molar-refractivity contribution in [2.45, 2.75) is 51.5 Å². The molecule has 0 bridgehead atoms. The van der Waals surface area contributed by atoms with Gasteiger partial charge in [-0.05, 0) is 37.3 Å². The van der Waals surface area contributed by atoms with Crippen molar-refractivity contribution in [1.82, 2.24) is 20.5 Å². The number of aryl methyl sites for hydroxylation is 1. The van der Waals surface area contributed by atoms with Crippen LogP contribution in [0, 0.1) is 12.8 Å². The van der Waals surface area contributed by atoms with Gasteiger partial charge in [0.1, 0.15) is 0 Å². The Morgan fingerprint density at radius 1 is 1.29 bits per heavy atom. The summed E-state index contributed by atoms with van der Waals surface area (Å²) < 4.78 is 0. The Balaban J connectivity index is 1.43. The molecule has 2 fully saturated rings. The minimum atomic E-state index is -0.342. The quantitative estimate of drug-likeness (QED) is 0.591. The third-order valence-electron chi connectivity index (χ3n) is 5.82. The number of carbonyl (C=O) groups excluding carboxylic acids is 2. The van der Waals surface area contributed by atoms with Gasteiger partial charge >= 0.3 is 0 Å². The molecule has 3 rings (SSSR count). The molecule has 1 atom stereocenters.